The minimum atomic E-state index is 0.336. The first kappa shape index (κ1) is 7.44. The molecule has 0 rings (SSSR count). The summed E-state index contributed by atoms with van der Waals surface area (Å²) in [5.74, 6) is 0. The van der Waals surface area contributed by atoms with Crippen molar-refractivity contribution >= 4 is 11.6 Å². The zero-order valence-corrected chi connectivity index (χ0v) is 5.03. The van der Waals surface area contributed by atoms with Gasteiger partial charge in [0.1, 0.15) is 0 Å². The average Bonchev–Trinajstić information content (AvgIpc) is 1.68. The summed E-state index contributed by atoms with van der Waals surface area (Å²) in [6.45, 7) is 3.37. The van der Waals surface area contributed by atoms with Gasteiger partial charge in [0.15, 0.2) is 0 Å². The molecule has 44 valence electrons. The van der Waals surface area contributed by atoms with E-state index in [0.717, 1.165) is 6.08 Å². The molecular weight excluding hydrogens is 127 g/mol. The van der Waals surface area contributed by atoms with Crippen molar-refractivity contribution in [1.29, 1.82) is 0 Å². The molecule has 0 aliphatic heterocycles. The summed E-state index contributed by atoms with van der Waals surface area (Å²) in [5, 5.41) is 0.336. The highest BCUT2D eigenvalue weighted by Gasteiger charge is 1.76. The molecule has 0 aliphatic carbocycles. The zero-order chi connectivity index (χ0) is 6.41. The summed E-state index contributed by atoms with van der Waals surface area (Å²) in [6, 6.07) is 0. The average molecular weight is 133 g/mol. The molecule has 0 spiro atoms. The summed E-state index contributed by atoms with van der Waals surface area (Å²) in [7, 11) is 0. The molecule has 0 aromatic carbocycles. The highest BCUT2D eigenvalue weighted by molar-refractivity contribution is 6.31. The maximum Gasteiger partial charge on any atom is 0.0881 e. The second-order valence-electron chi connectivity index (χ2n) is 1.08. The number of rotatable bonds is 2. The van der Waals surface area contributed by atoms with E-state index in [2.05, 4.69) is 6.58 Å². The normalized spacial score (nSPS) is 12.5. The van der Waals surface area contributed by atoms with E-state index in [1.807, 2.05) is 0 Å². The van der Waals surface area contributed by atoms with Crippen LogP contribution in [0.15, 0.2) is 36.2 Å². The SMILES string of the molecule is C=C/C=C(Cl)\C=C\F. The van der Waals surface area contributed by atoms with E-state index >= 15 is 0 Å². The molecule has 0 unspecified atom stereocenters. The van der Waals surface area contributed by atoms with Gasteiger partial charge in [0, 0.05) is 5.03 Å². The zero-order valence-electron chi connectivity index (χ0n) is 4.27. The van der Waals surface area contributed by atoms with Crippen LogP contribution in [0.5, 0.6) is 0 Å². The van der Waals surface area contributed by atoms with Crippen molar-refractivity contribution in [3.05, 3.63) is 36.2 Å². The van der Waals surface area contributed by atoms with Crippen LogP contribution in [0.4, 0.5) is 4.39 Å². The standard InChI is InChI=1S/C6H6ClF/c1-2-3-6(7)4-5-8/h2-5H,1H2/b5-4+,6-3+. The molecule has 0 aromatic heterocycles. The second kappa shape index (κ2) is 4.60. The van der Waals surface area contributed by atoms with E-state index in [9.17, 15) is 4.39 Å². The van der Waals surface area contributed by atoms with Crippen LogP contribution >= 0.6 is 11.6 Å². The summed E-state index contributed by atoms with van der Waals surface area (Å²) >= 11 is 5.34. The third-order valence-corrected chi connectivity index (χ3v) is 0.751. The third kappa shape index (κ3) is 3.62. The van der Waals surface area contributed by atoms with Crippen LogP contribution in [0.3, 0.4) is 0 Å². The highest BCUT2D eigenvalue weighted by Crippen LogP contribution is 2.01. The van der Waals surface area contributed by atoms with Crippen molar-refractivity contribution in [2.24, 2.45) is 0 Å². The fourth-order valence-electron chi connectivity index (χ4n) is 0.228. The van der Waals surface area contributed by atoms with Crippen molar-refractivity contribution in [3.63, 3.8) is 0 Å². The Morgan fingerprint density at radius 1 is 1.62 bits per heavy atom. The van der Waals surface area contributed by atoms with Crippen LogP contribution in [0.2, 0.25) is 0 Å². The van der Waals surface area contributed by atoms with Crippen molar-refractivity contribution in [3.8, 4) is 0 Å². The van der Waals surface area contributed by atoms with Crippen LogP contribution in [-0.2, 0) is 0 Å². The molecule has 0 radical (unpaired) electrons. The minimum Gasteiger partial charge on any atom is -0.215 e. The van der Waals surface area contributed by atoms with E-state index in [0.29, 0.717) is 11.4 Å². The van der Waals surface area contributed by atoms with E-state index in [-0.39, 0.29) is 0 Å². The van der Waals surface area contributed by atoms with Crippen molar-refractivity contribution < 1.29 is 4.39 Å². The lowest BCUT2D eigenvalue weighted by molar-refractivity contribution is 0.721. The van der Waals surface area contributed by atoms with Crippen molar-refractivity contribution in [2.45, 2.75) is 0 Å². The van der Waals surface area contributed by atoms with Gasteiger partial charge in [-0.1, -0.05) is 24.3 Å². The van der Waals surface area contributed by atoms with E-state index < -0.39 is 0 Å². The van der Waals surface area contributed by atoms with E-state index in [1.54, 1.807) is 0 Å². The maximum atomic E-state index is 11.2. The molecule has 0 saturated heterocycles. The molecule has 0 aliphatic rings. The van der Waals surface area contributed by atoms with Gasteiger partial charge in [0.05, 0.1) is 6.33 Å². The summed E-state index contributed by atoms with van der Waals surface area (Å²) in [6.07, 6.45) is 4.51. The lowest BCUT2D eigenvalue weighted by atomic mass is 10.5. The Balaban J connectivity index is 3.79. The molecular formula is C6H6ClF. The van der Waals surface area contributed by atoms with Crippen molar-refractivity contribution in [1.82, 2.24) is 0 Å². The molecule has 0 bridgehead atoms. The molecule has 0 fully saturated rings. The molecule has 0 amide bonds. The second-order valence-corrected chi connectivity index (χ2v) is 1.52. The quantitative estimate of drug-likeness (QED) is 0.507. The predicted molar refractivity (Wildman–Crippen MR) is 34.4 cm³/mol. The van der Waals surface area contributed by atoms with Crippen LogP contribution in [0.25, 0.3) is 0 Å². The molecule has 0 heterocycles. The number of allylic oxidation sites excluding steroid dienone is 4. The van der Waals surface area contributed by atoms with Crippen LogP contribution in [0, 0.1) is 0 Å². The summed E-state index contributed by atoms with van der Waals surface area (Å²) < 4.78 is 11.2. The van der Waals surface area contributed by atoms with Gasteiger partial charge < -0.3 is 0 Å². The first-order valence-corrected chi connectivity index (χ1v) is 2.44. The van der Waals surface area contributed by atoms with Gasteiger partial charge in [-0.15, -0.1) is 0 Å². The lowest BCUT2D eigenvalue weighted by Crippen LogP contribution is -1.56. The first-order chi connectivity index (χ1) is 3.81. The van der Waals surface area contributed by atoms with Gasteiger partial charge in [-0.25, -0.2) is 4.39 Å². The first-order valence-electron chi connectivity index (χ1n) is 2.06. The van der Waals surface area contributed by atoms with Gasteiger partial charge in [-0.3, -0.25) is 0 Å². The Bertz CT molecular complexity index is 124. The fraction of sp³-hybridized carbons (Fsp3) is 0. The minimum absolute atomic E-state index is 0.336. The monoisotopic (exact) mass is 132 g/mol. The Kier molecular flexibility index (Phi) is 4.27. The molecule has 0 N–H and O–H groups in total. The van der Waals surface area contributed by atoms with Gasteiger partial charge in [0.2, 0.25) is 0 Å². The Labute approximate surface area is 53.0 Å². The van der Waals surface area contributed by atoms with Crippen LogP contribution in [0.1, 0.15) is 0 Å². The van der Waals surface area contributed by atoms with Gasteiger partial charge in [-0.2, -0.15) is 0 Å². The van der Waals surface area contributed by atoms with Crippen LogP contribution < -0.4 is 0 Å². The number of halogens is 2. The Morgan fingerprint density at radius 2 is 2.25 bits per heavy atom. The van der Waals surface area contributed by atoms with E-state index in [4.69, 9.17) is 11.6 Å². The number of hydrogen-bond acceptors (Lipinski definition) is 0. The molecule has 0 atom stereocenters. The predicted octanol–water partition coefficient (Wildman–Crippen LogP) is 2.78. The third-order valence-electron chi connectivity index (χ3n) is 0.499. The topological polar surface area (TPSA) is 0 Å². The number of hydrogen-bond donors (Lipinski definition) is 0. The van der Waals surface area contributed by atoms with Gasteiger partial charge >= 0.3 is 0 Å². The molecule has 0 saturated carbocycles. The molecule has 0 aromatic rings. The highest BCUT2D eigenvalue weighted by atomic mass is 35.5. The molecule has 2 heteroatoms. The lowest BCUT2D eigenvalue weighted by Gasteiger charge is -1.78. The molecule has 0 nitrogen and oxygen atoms in total. The maximum absolute atomic E-state index is 11.2. The smallest absolute Gasteiger partial charge is 0.0881 e. The fourth-order valence-corrected chi connectivity index (χ4v) is 0.365. The summed E-state index contributed by atoms with van der Waals surface area (Å²) in [4.78, 5) is 0. The molecule has 8 heavy (non-hydrogen) atoms. The summed E-state index contributed by atoms with van der Waals surface area (Å²) in [5.41, 5.74) is 0. The van der Waals surface area contributed by atoms with Crippen LogP contribution in [-0.4, -0.2) is 0 Å². The largest absolute Gasteiger partial charge is 0.215 e. The Hall–Kier alpha value is -0.560. The van der Waals surface area contributed by atoms with Gasteiger partial charge in [-0.05, 0) is 12.2 Å². The van der Waals surface area contributed by atoms with E-state index in [1.165, 1.54) is 12.2 Å². The Morgan fingerprint density at radius 3 is 2.62 bits per heavy atom. The van der Waals surface area contributed by atoms with Gasteiger partial charge in [0.25, 0.3) is 0 Å². The van der Waals surface area contributed by atoms with Crippen molar-refractivity contribution in [2.75, 3.05) is 0 Å².